The first-order valence-electron chi connectivity index (χ1n) is 7.31. The predicted octanol–water partition coefficient (Wildman–Crippen LogP) is 4.38. The van der Waals surface area contributed by atoms with Gasteiger partial charge >= 0.3 is 0 Å². The van der Waals surface area contributed by atoms with Crippen molar-refractivity contribution in [3.63, 3.8) is 0 Å². The lowest BCUT2D eigenvalue weighted by Crippen LogP contribution is -2.29. The standard InChI is InChI=1S/C16H22N2S/c17-18-14(10-12-6-2-1-3-7-12)16-11-13-8-4-5-9-15(13)19-16/h4-5,8-9,11-12,14,18H,1-3,6-7,10,17H2. The lowest BCUT2D eigenvalue weighted by atomic mass is 9.84. The van der Waals surface area contributed by atoms with Crippen LogP contribution in [0.25, 0.3) is 10.1 Å². The summed E-state index contributed by atoms with van der Waals surface area (Å²) in [5, 5.41) is 1.34. The molecule has 3 heteroatoms. The minimum Gasteiger partial charge on any atom is -0.271 e. The molecule has 1 aromatic heterocycles. The minimum atomic E-state index is 0.320. The van der Waals surface area contributed by atoms with Crippen LogP contribution in [0.4, 0.5) is 0 Å². The Kier molecular flexibility index (Phi) is 4.16. The zero-order valence-corrected chi connectivity index (χ0v) is 12.1. The first-order chi connectivity index (χ1) is 9.36. The van der Waals surface area contributed by atoms with E-state index in [1.807, 2.05) is 11.3 Å². The lowest BCUT2D eigenvalue weighted by Gasteiger charge is -2.25. The van der Waals surface area contributed by atoms with E-state index in [9.17, 15) is 0 Å². The molecule has 0 amide bonds. The van der Waals surface area contributed by atoms with Crippen molar-refractivity contribution in [2.45, 2.75) is 44.6 Å². The van der Waals surface area contributed by atoms with Crippen molar-refractivity contribution in [2.75, 3.05) is 0 Å². The van der Waals surface area contributed by atoms with Crippen LogP contribution in [-0.2, 0) is 0 Å². The maximum atomic E-state index is 5.80. The fourth-order valence-electron chi connectivity index (χ4n) is 3.20. The van der Waals surface area contributed by atoms with Crippen molar-refractivity contribution in [3.8, 4) is 0 Å². The van der Waals surface area contributed by atoms with E-state index in [0.717, 1.165) is 5.92 Å². The van der Waals surface area contributed by atoms with E-state index in [2.05, 4.69) is 35.8 Å². The van der Waals surface area contributed by atoms with Gasteiger partial charge in [-0.15, -0.1) is 11.3 Å². The summed E-state index contributed by atoms with van der Waals surface area (Å²) in [4.78, 5) is 1.38. The highest BCUT2D eigenvalue weighted by Gasteiger charge is 2.20. The molecule has 2 nitrogen and oxygen atoms in total. The molecule has 1 heterocycles. The van der Waals surface area contributed by atoms with Gasteiger partial charge in [0.1, 0.15) is 0 Å². The molecule has 0 saturated heterocycles. The van der Waals surface area contributed by atoms with Gasteiger partial charge in [-0.1, -0.05) is 50.3 Å². The Bertz CT molecular complexity index is 495. The topological polar surface area (TPSA) is 38.0 Å². The van der Waals surface area contributed by atoms with Crippen LogP contribution in [0.1, 0.15) is 49.4 Å². The van der Waals surface area contributed by atoms with Crippen LogP contribution in [0.3, 0.4) is 0 Å². The molecule has 1 aliphatic carbocycles. The smallest absolute Gasteiger partial charge is 0.0556 e. The van der Waals surface area contributed by atoms with Crippen molar-refractivity contribution >= 4 is 21.4 Å². The number of nitrogens with two attached hydrogens (primary N) is 1. The van der Waals surface area contributed by atoms with Gasteiger partial charge in [-0.05, 0) is 29.9 Å². The Labute approximate surface area is 119 Å². The van der Waals surface area contributed by atoms with Gasteiger partial charge in [-0.2, -0.15) is 0 Å². The lowest BCUT2D eigenvalue weighted by molar-refractivity contribution is 0.303. The molecule has 2 aromatic rings. The van der Waals surface area contributed by atoms with E-state index in [-0.39, 0.29) is 0 Å². The predicted molar refractivity (Wildman–Crippen MR) is 83.1 cm³/mol. The molecule has 1 saturated carbocycles. The molecule has 19 heavy (non-hydrogen) atoms. The molecule has 3 rings (SSSR count). The van der Waals surface area contributed by atoms with Crippen LogP contribution in [0, 0.1) is 5.92 Å². The summed E-state index contributed by atoms with van der Waals surface area (Å²) in [5.41, 5.74) is 3.04. The van der Waals surface area contributed by atoms with Crippen molar-refractivity contribution in [1.82, 2.24) is 5.43 Å². The van der Waals surface area contributed by atoms with Crippen molar-refractivity contribution in [1.29, 1.82) is 0 Å². The van der Waals surface area contributed by atoms with Crippen LogP contribution in [0.2, 0.25) is 0 Å². The SMILES string of the molecule is NNC(CC1CCCCC1)c1cc2ccccc2s1. The van der Waals surface area contributed by atoms with Crippen molar-refractivity contribution in [2.24, 2.45) is 11.8 Å². The van der Waals surface area contributed by atoms with Gasteiger partial charge in [-0.3, -0.25) is 11.3 Å². The molecule has 1 atom stereocenters. The van der Waals surface area contributed by atoms with Crippen LogP contribution >= 0.6 is 11.3 Å². The summed E-state index contributed by atoms with van der Waals surface area (Å²) >= 11 is 1.88. The second-order valence-corrected chi connectivity index (χ2v) is 6.76. The molecule has 102 valence electrons. The molecule has 1 aromatic carbocycles. The Hall–Kier alpha value is -0.900. The van der Waals surface area contributed by atoms with E-state index in [0.29, 0.717) is 6.04 Å². The van der Waals surface area contributed by atoms with Gasteiger partial charge in [0, 0.05) is 9.58 Å². The van der Waals surface area contributed by atoms with Gasteiger partial charge in [0.05, 0.1) is 6.04 Å². The largest absolute Gasteiger partial charge is 0.271 e. The first kappa shape index (κ1) is 13.1. The van der Waals surface area contributed by atoms with Crippen molar-refractivity contribution < 1.29 is 0 Å². The maximum Gasteiger partial charge on any atom is 0.0556 e. The highest BCUT2D eigenvalue weighted by Crippen LogP contribution is 2.36. The third-order valence-corrected chi connectivity index (χ3v) is 5.51. The zero-order valence-electron chi connectivity index (χ0n) is 11.3. The van der Waals surface area contributed by atoms with Gasteiger partial charge in [-0.25, -0.2) is 0 Å². The summed E-state index contributed by atoms with van der Waals surface area (Å²) in [5.74, 6) is 6.65. The average Bonchev–Trinajstić information content (AvgIpc) is 2.89. The summed E-state index contributed by atoms with van der Waals surface area (Å²) in [6, 6.07) is 11.2. The summed E-state index contributed by atoms with van der Waals surface area (Å²) in [7, 11) is 0. The van der Waals surface area contributed by atoms with Gasteiger partial charge in [0.2, 0.25) is 0 Å². The van der Waals surface area contributed by atoms with E-state index >= 15 is 0 Å². The van der Waals surface area contributed by atoms with E-state index in [1.54, 1.807) is 0 Å². The monoisotopic (exact) mass is 274 g/mol. The van der Waals surface area contributed by atoms with Gasteiger partial charge in [0.15, 0.2) is 0 Å². The Morgan fingerprint density at radius 1 is 1.21 bits per heavy atom. The first-order valence-corrected chi connectivity index (χ1v) is 8.13. The van der Waals surface area contributed by atoms with E-state index in [4.69, 9.17) is 5.84 Å². The van der Waals surface area contributed by atoms with Crippen LogP contribution in [0.15, 0.2) is 30.3 Å². The molecule has 0 spiro atoms. The molecule has 1 aliphatic rings. The molecule has 0 aliphatic heterocycles. The maximum absolute atomic E-state index is 5.80. The van der Waals surface area contributed by atoms with E-state index < -0.39 is 0 Å². The number of benzene rings is 1. The third-order valence-electron chi connectivity index (χ3n) is 4.28. The Morgan fingerprint density at radius 2 is 2.00 bits per heavy atom. The Morgan fingerprint density at radius 3 is 2.74 bits per heavy atom. The quantitative estimate of drug-likeness (QED) is 0.641. The van der Waals surface area contributed by atoms with Gasteiger partial charge in [0.25, 0.3) is 0 Å². The third kappa shape index (κ3) is 2.99. The zero-order chi connectivity index (χ0) is 13.1. The molecule has 3 N–H and O–H groups in total. The average molecular weight is 274 g/mol. The highest BCUT2D eigenvalue weighted by molar-refractivity contribution is 7.19. The molecule has 1 unspecified atom stereocenters. The second kappa shape index (κ2) is 6.04. The number of hydrogen-bond donors (Lipinski definition) is 2. The number of nitrogens with one attached hydrogen (secondary N) is 1. The summed E-state index contributed by atoms with van der Waals surface area (Å²) in [6.07, 6.45) is 8.15. The molecule has 0 radical (unpaired) electrons. The minimum absolute atomic E-state index is 0.320. The summed E-state index contributed by atoms with van der Waals surface area (Å²) in [6.45, 7) is 0. The second-order valence-electron chi connectivity index (χ2n) is 5.65. The van der Waals surface area contributed by atoms with Gasteiger partial charge < -0.3 is 0 Å². The fraction of sp³-hybridized carbons (Fsp3) is 0.500. The molecular weight excluding hydrogens is 252 g/mol. The molecule has 0 bridgehead atoms. The summed E-state index contributed by atoms with van der Waals surface area (Å²) < 4.78 is 1.36. The normalized spacial score (nSPS) is 18.8. The number of thiophene rings is 1. The van der Waals surface area contributed by atoms with Crippen LogP contribution in [-0.4, -0.2) is 0 Å². The number of rotatable bonds is 4. The van der Waals surface area contributed by atoms with Crippen LogP contribution < -0.4 is 11.3 Å². The molecular formula is C16H22N2S. The van der Waals surface area contributed by atoms with Crippen LogP contribution in [0.5, 0.6) is 0 Å². The van der Waals surface area contributed by atoms with E-state index in [1.165, 1.54) is 53.5 Å². The van der Waals surface area contributed by atoms with Crippen molar-refractivity contribution in [3.05, 3.63) is 35.2 Å². The highest BCUT2D eigenvalue weighted by atomic mass is 32.1. The number of hydrogen-bond acceptors (Lipinski definition) is 3. The number of hydrazine groups is 1. The number of fused-ring (bicyclic) bond motifs is 1. The fourth-order valence-corrected chi connectivity index (χ4v) is 4.33. The molecule has 1 fully saturated rings. The Balaban J connectivity index is 1.76.